The standard InChI is InChI=1S/C15H16O5/c16-12(14(18)10-4-2-1-3-5-10)8-11-6-7-15(19,20)9-13(11)17/h1-6,9,12,16-17,19-20H,7-8H2. The van der Waals surface area contributed by atoms with Crippen LogP contribution in [-0.2, 0) is 0 Å². The van der Waals surface area contributed by atoms with Crippen molar-refractivity contribution in [1.29, 1.82) is 0 Å². The lowest BCUT2D eigenvalue weighted by Gasteiger charge is -2.23. The Labute approximate surface area is 116 Å². The van der Waals surface area contributed by atoms with Gasteiger partial charge in [0.05, 0.1) is 0 Å². The lowest BCUT2D eigenvalue weighted by molar-refractivity contribution is -0.117. The second-order valence-electron chi connectivity index (χ2n) is 4.79. The second kappa shape index (κ2) is 5.58. The number of aliphatic hydroxyl groups is 4. The van der Waals surface area contributed by atoms with Crippen LogP contribution >= 0.6 is 0 Å². The Morgan fingerprint density at radius 2 is 1.90 bits per heavy atom. The van der Waals surface area contributed by atoms with E-state index in [1.165, 1.54) is 6.08 Å². The Balaban J connectivity index is 2.06. The van der Waals surface area contributed by atoms with Crippen LogP contribution in [0.3, 0.4) is 0 Å². The first-order valence-electron chi connectivity index (χ1n) is 6.22. The summed E-state index contributed by atoms with van der Waals surface area (Å²) in [5.74, 6) is -2.85. The Kier molecular flexibility index (Phi) is 4.04. The van der Waals surface area contributed by atoms with Crippen molar-refractivity contribution in [1.82, 2.24) is 0 Å². The van der Waals surface area contributed by atoms with Crippen LogP contribution in [0.2, 0.25) is 0 Å². The van der Waals surface area contributed by atoms with Crippen LogP contribution in [0.4, 0.5) is 0 Å². The molecular weight excluding hydrogens is 260 g/mol. The molecule has 0 bridgehead atoms. The van der Waals surface area contributed by atoms with Crippen molar-refractivity contribution in [3.05, 3.63) is 59.4 Å². The van der Waals surface area contributed by atoms with E-state index < -0.39 is 17.7 Å². The van der Waals surface area contributed by atoms with Gasteiger partial charge in [0.1, 0.15) is 11.9 Å². The van der Waals surface area contributed by atoms with E-state index in [-0.39, 0.29) is 18.6 Å². The predicted octanol–water partition coefficient (Wildman–Crippen LogP) is 1.07. The van der Waals surface area contributed by atoms with Gasteiger partial charge in [-0.1, -0.05) is 36.4 Å². The molecule has 1 aromatic rings. The summed E-state index contributed by atoms with van der Waals surface area (Å²) in [6.07, 6.45) is 0.827. The first-order valence-corrected chi connectivity index (χ1v) is 6.22. The topological polar surface area (TPSA) is 98.0 Å². The summed E-state index contributed by atoms with van der Waals surface area (Å²) in [6.45, 7) is 0. The molecule has 5 nitrogen and oxygen atoms in total. The van der Waals surface area contributed by atoms with Crippen molar-refractivity contribution < 1.29 is 25.2 Å². The van der Waals surface area contributed by atoms with Gasteiger partial charge in [0, 0.05) is 24.5 Å². The Morgan fingerprint density at radius 3 is 2.50 bits per heavy atom. The molecule has 1 atom stereocenters. The molecule has 4 N–H and O–H groups in total. The number of hydrogen-bond acceptors (Lipinski definition) is 5. The number of Topliss-reactive ketones (excluding diaryl/α,β-unsaturated/α-hetero) is 1. The SMILES string of the molecule is O=C(c1ccccc1)C(O)CC1=CCC(O)(O)C=C1O. The van der Waals surface area contributed by atoms with Crippen molar-refractivity contribution >= 4 is 5.78 Å². The number of benzene rings is 1. The molecule has 2 rings (SSSR count). The second-order valence-corrected chi connectivity index (χ2v) is 4.79. The molecule has 0 aromatic heterocycles. The highest BCUT2D eigenvalue weighted by Crippen LogP contribution is 2.26. The fraction of sp³-hybridized carbons (Fsp3) is 0.267. The van der Waals surface area contributed by atoms with Crippen LogP contribution in [0.5, 0.6) is 0 Å². The Hall–Kier alpha value is -1.95. The minimum absolute atomic E-state index is 0.0772. The van der Waals surface area contributed by atoms with Gasteiger partial charge in [-0.05, 0) is 5.57 Å². The summed E-state index contributed by atoms with van der Waals surface area (Å²) >= 11 is 0. The molecule has 106 valence electrons. The van der Waals surface area contributed by atoms with Gasteiger partial charge in [0.15, 0.2) is 11.6 Å². The quantitative estimate of drug-likeness (QED) is 0.487. The van der Waals surface area contributed by atoms with E-state index in [0.29, 0.717) is 11.1 Å². The average molecular weight is 276 g/mol. The third-order valence-corrected chi connectivity index (χ3v) is 3.12. The molecule has 0 saturated carbocycles. The highest BCUT2D eigenvalue weighted by atomic mass is 16.5. The molecule has 0 fully saturated rings. The summed E-state index contributed by atoms with van der Waals surface area (Å²) in [5, 5.41) is 38.2. The van der Waals surface area contributed by atoms with E-state index in [0.717, 1.165) is 6.08 Å². The normalized spacial score (nSPS) is 18.9. The summed E-state index contributed by atoms with van der Waals surface area (Å²) in [7, 11) is 0. The molecule has 0 saturated heterocycles. The molecule has 20 heavy (non-hydrogen) atoms. The Bertz CT molecular complexity index is 557. The maximum absolute atomic E-state index is 12.0. The fourth-order valence-electron chi connectivity index (χ4n) is 2.03. The largest absolute Gasteiger partial charge is 0.508 e. The third kappa shape index (κ3) is 3.33. The number of ketones is 1. The molecule has 0 heterocycles. The van der Waals surface area contributed by atoms with Gasteiger partial charge in [-0.3, -0.25) is 4.79 Å². The van der Waals surface area contributed by atoms with Gasteiger partial charge in [0.2, 0.25) is 0 Å². The van der Waals surface area contributed by atoms with Crippen molar-refractivity contribution in [2.45, 2.75) is 24.7 Å². The monoisotopic (exact) mass is 276 g/mol. The van der Waals surface area contributed by atoms with E-state index in [2.05, 4.69) is 0 Å². The highest BCUT2D eigenvalue weighted by molar-refractivity contribution is 5.99. The van der Waals surface area contributed by atoms with E-state index in [9.17, 15) is 25.2 Å². The highest BCUT2D eigenvalue weighted by Gasteiger charge is 2.27. The van der Waals surface area contributed by atoms with Crippen LogP contribution < -0.4 is 0 Å². The van der Waals surface area contributed by atoms with Crippen LogP contribution in [0, 0.1) is 0 Å². The molecule has 1 aliphatic rings. The Morgan fingerprint density at radius 1 is 1.25 bits per heavy atom. The number of carbonyl (C=O) groups is 1. The first kappa shape index (κ1) is 14.5. The van der Waals surface area contributed by atoms with Crippen LogP contribution in [0.15, 0.2) is 53.8 Å². The minimum Gasteiger partial charge on any atom is -0.508 e. The van der Waals surface area contributed by atoms with Gasteiger partial charge in [-0.2, -0.15) is 0 Å². The summed E-state index contributed by atoms with van der Waals surface area (Å²) < 4.78 is 0. The van der Waals surface area contributed by atoms with Crippen LogP contribution in [-0.4, -0.2) is 38.1 Å². The number of carbonyl (C=O) groups excluding carboxylic acids is 1. The molecule has 0 spiro atoms. The van der Waals surface area contributed by atoms with Gasteiger partial charge in [0.25, 0.3) is 0 Å². The molecule has 1 unspecified atom stereocenters. The average Bonchev–Trinajstić information content (AvgIpc) is 2.41. The number of rotatable bonds is 4. The molecule has 1 aromatic carbocycles. The zero-order valence-corrected chi connectivity index (χ0v) is 10.7. The number of allylic oxidation sites excluding steroid dienone is 1. The van der Waals surface area contributed by atoms with E-state index in [4.69, 9.17) is 0 Å². The van der Waals surface area contributed by atoms with Crippen LogP contribution in [0.1, 0.15) is 23.2 Å². The minimum atomic E-state index is -2.08. The third-order valence-electron chi connectivity index (χ3n) is 3.12. The van der Waals surface area contributed by atoms with Crippen molar-refractivity contribution in [2.24, 2.45) is 0 Å². The van der Waals surface area contributed by atoms with Gasteiger partial charge >= 0.3 is 0 Å². The number of hydrogen-bond donors (Lipinski definition) is 4. The summed E-state index contributed by atoms with van der Waals surface area (Å²) in [6, 6.07) is 8.36. The first-order chi connectivity index (χ1) is 9.39. The van der Waals surface area contributed by atoms with E-state index >= 15 is 0 Å². The predicted molar refractivity (Wildman–Crippen MR) is 72.0 cm³/mol. The molecule has 0 radical (unpaired) electrons. The molecular formula is C15H16O5. The van der Waals surface area contributed by atoms with Gasteiger partial charge in [-0.25, -0.2) is 0 Å². The van der Waals surface area contributed by atoms with Gasteiger partial charge < -0.3 is 20.4 Å². The summed E-state index contributed by atoms with van der Waals surface area (Å²) in [4.78, 5) is 12.0. The lowest BCUT2D eigenvalue weighted by Crippen LogP contribution is -2.29. The maximum atomic E-state index is 12.0. The molecule has 1 aliphatic carbocycles. The molecule has 5 heteroatoms. The zero-order chi connectivity index (χ0) is 14.8. The van der Waals surface area contributed by atoms with Crippen LogP contribution in [0.25, 0.3) is 0 Å². The molecule has 0 amide bonds. The molecule has 0 aliphatic heterocycles. The fourth-order valence-corrected chi connectivity index (χ4v) is 2.03. The van der Waals surface area contributed by atoms with Gasteiger partial charge in [-0.15, -0.1) is 0 Å². The van der Waals surface area contributed by atoms with Crippen molar-refractivity contribution in [3.63, 3.8) is 0 Å². The smallest absolute Gasteiger partial charge is 0.191 e. The van der Waals surface area contributed by atoms with E-state index in [1.807, 2.05) is 0 Å². The number of aliphatic hydroxyl groups excluding tert-OH is 2. The lowest BCUT2D eigenvalue weighted by atomic mass is 9.93. The zero-order valence-electron chi connectivity index (χ0n) is 10.7. The summed E-state index contributed by atoms with van der Waals surface area (Å²) in [5.41, 5.74) is 0.707. The van der Waals surface area contributed by atoms with Crippen molar-refractivity contribution in [3.8, 4) is 0 Å². The van der Waals surface area contributed by atoms with E-state index in [1.54, 1.807) is 30.3 Å². The maximum Gasteiger partial charge on any atom is 0.191 e. The van der Waals surface area contributed by atoms with Crippen molar-refractivity contribution in [2.75, 3.05) is 0 Å².